The zero-order valence-corrected chi connectivity index (χ0v) is 20.5. The molecule has 194 valence electrons. The molecule has 0 atom stereocenters. The largest absolute Gasteiger partial charge is 0.486 e. The Morgan fingerprint density at radius 1 is 1.11 bits per heavy atom. The van der Waals surface area contributed by atoms with Crippen LogP contribution in [-0.4, -0.2) is 37.4 Å². The van der Waals surface area contributed by atoms with Crippen molar-refractivity contribution in [2.45, 2.75) is 27.0 Å². The van der Waals surface area contributed by atoms with Crippen molar-refractivity contribution < 1.29 is 28.8 Å². The monoisotopic (exact) mass is 517 g/mol. The highest BCUT2D eigenvalue weighted by Crippen LogP contribution is 2.17. The number of amides is 1. The molecular weight excluding hydrogens is 494 g/mol. The van der Waals surface area contributed by atoms with Crippen LogP contribution < -0.4 is 10.2 Å². The number of carboxylic acid groups (broad SMARTS) is 1. The second-order valence-corrected chi connectivity index (χ2v) is 8.28. The van der Waals surface area contributed by atoms with E-state index in [0.29, 0.717) is 35.0 Å². The molecule has 0 bridgehead atoms. The third-order valence-corrected chi connectivity index (χ3v) is 5.55. The van der Waals surface area contributed by atoms with Gasteiger partial charge in [0, 0.05) is 5.56 Å². The third-order valence-electron chi connectivity index (χ3n) is 5.55. The van der Waals surface area contributed by atoms with Gasteiger partial charge < -0.3 is 24.4 Å². The number of rotatable bonds is 10. The van der Waals surface area contributed by atoms with E-state index in [9.17, 15) is 19.7 Å². The molecule has 4 rings (SSSR count). The molecule has 0 radical (unpaired) electrons. The SMILES string of the molecule is C/C(=N/NC(=O)c1ccc(Cn2nc([N+](=O)[O-])cc2C)cc1)c1ccc(OCc2ccc(C(=O)O)o2)cc1. The number of nitrogens with one attached hydrogen (secondary N) is 1. The molecule has 2 N–H and O–H groups in total. The highest BCUT2D eigenvalue weighted by Gasteiger charge is 2.16. The van der Waals surface area contributed by atoms with E-state index < -0.39 is 10.9 Å². The number of aromatic nitrogens is 2. The fourth-order valence-electron chi connectivity index (χ4n) is 3.46. The first-order chi connectivity index (χ1) is 18.2. The average molecular weight is 517 g/mol. The van der Waals surface area contributed by atoms with E-state index in [1.54, 1.807) is 68.4 Å². The van der Waals surface area contributed by atoms with Crippen LogP contribution in [0.2, 0.25) is 0 Å². The summed E-state index contributed by atoms with van der Waals surface area (Å²) < 4.78 is 12.3. The Labute approximate surface area is 216 Å². The number of carboxylic acids is 1. The van der Waals surface area contributed by atoms with Crippen molar-refractivity contribution in [1.29, 1.82) is 0 Å². The molecule has 12 heteroatoms. The van der Waals surface area contributed by atoms with Crippen LogP contribution in [0.15, 0.2) is 76.2 Å². The van der Waals surface area contributed by atoms with Crippen LogP contribution in [0.5, 0.6) is 5.75 Å². The Hall–Kier alpha value is -5.26. The molecule has 2 aromatic heterocycles. The number of furan rings is 1. The Balaban J connectivity index is 1.31. The fraction of sp³-hybridized carbons (Fsp3) is 0.154. The zero-order chi connectivity index (χ0) is 27.2. The van der Waals surface area contributed by atoms with E-state index in [-0.39, 0.29) is 24.1 Å². The molecule has 0 fully saturated rings. The Morgan fingerprint density at radius 2 is 1.79 bits per heavy atom. The van der Waals surface area contributed by atoms with E-state index in [2.05, 4.69) is 15.6 Å². The summed E-state index contributed by atoms with van der Waals surface area (Å²) >= 11 is 0. The van der Waals surface area contributed by atoms with Crippen molar-refractivity contribution >= 4 is 23.4 Å². The quantitative estimate of drug-likeness (QED) is 0.180. The van der Waals surface area contributed by atoms with Gasteiger partial charge in [-0.15, -0.1) is 0 Å². The highest BCUT2D eigenvalue weighted by atomic mass is 16.6. The number of carbonyl (C=O) groups is 2. The predicted molar refractivity (Wildman–Crippen MR) is 135 cm³/mol. The van der Waals surface area contributed by atoms with Crippen LogP contribution in [0.4, 0.5) is 5.82 Å². The summed E-state index contributed by atoms with van der Waals surface area (Å²) in [4.78, 5) is 33.8. The summed E-state index contributed by atoms with van der Waals surface area (Å²) in [6.07, 6.45) is 0. The lowest BCUT2D eigenvalue weighted by Gasteiger charge is -2.07. The molecule has 38 heavy (non-hydrogen) atoms. The van der Waals surface area contributed by atoms with Crippen LogP contribution in [0.1, 0.15) is 50.4 Å². The molecule has 0 aliphatic carbocycles. The summed E-state index contributed by atoms with van der Waals surface area (Å²) in [5, 5.41) is 27.9. The van der Waals surface area contributed by atoms with Gasteiger partial charge in [-0.2, -0.15) is 9.78 Å². The first-order valence-corrected chi connectivity index (χ1v) is 11.4. The number of benzene rings is 2. The van der Waals surface area contributed by atoms with Gasteiger partial charge in [-0.3, -0.25) is 4.79 Å². The van der Waals surface area contributed by atoms with Gasteiger partial charge in [0.25, 0.3) is 5.91 Å². The van der Waals surface area contributed by atoms with Crippen LogP contribution >= 0.6 is 0 Å². The van der Waals surface area contributed by atoms with Crippen molar-refractivity contribution in [1.82, 2.24) is 15.2 Å². The van der Waals surface area contributed by atoms with E-state index in [4.69, 9.17) is 14.3 Å². The van der Waals surface area contributed by atoms with Crippen molar-refractivity contribution in [3.8, 4) is 5.75 Å². The van der Waals surface area contributed by atoms with Gasteiger partial charge in [0.1, 0.15) is 18.1 Å². The number of hydrogen-bond donors (Lipinski definition) is 2. The predicted octanol–water partition coefficient (Wildman–Crippen LogP) is 4.17. The normalized spacial score (nSPS) is 11.3. The fourth-order valence-corrected chi connectivity index (χ4v) is 3.46. The minimum atomic E-state index is -1.14. The van der Waals surface area contributed by atoms with Gasteiger partial charge in [-0.05, 0) is 78.4 Å². The number of aromatic carboxylic acids is 1. The van der Waals surface area contributed by atoms with Gasteiger partial charge in [-0.25, -0.2) is 10.2 Å². The maximum atomic E-state index is 12.5. The minimum Gasteiger partial charge on any atom is -0.486 e. The lowest BCUT2D eigenvalue weighted by molar-refractivity contribution is -0.389. The smallest absolute Gasteiger partial charge is 0.390 e. The zero-order valence-electron chi connectivity index (χ0n) is 20.5. The lowest BCUT2D eigenvalue weighted by atomic mass is 10.1. The number of hydrogen-bond acceptors (Lipinski definition) is 8. The topological polar surface area (TPSA) is 162 Å². The molecule has 0 unspecified atom stereocenters. The van der Waals surface area contributed by atoms with E-state index in [0.717, 1.165) is 11.1 Å². The summed E-state index contributed by atoms with van der Waals surface area (Å²) in [5.41, 5.74) is 5.77. The maximum Gasteiger partial charge on any atom is 0.390 e. The van der Waals surface area contributed by atoms with Crippen LogP contribution in [0.25, 0.3) is 0 Å². The van der Waals surface area contributed by atoms with Crippen molar-refractivity contribution in [3.63, 3.8) is 0 Å². The molecular formula is C26H23N5O7. The molecule has 0 saturated heterocycles. The van der Waals surface area contributed by atoms with Crippen molar-refractivity contribution in [3.05, 3.63) is 111 Å². The van der Waals surface area contributed by atoms with Crippen molar-refractivity contribution in [2.24, 2.45) is 5.10 Å². The van der Waals surface area contributed by atoms with Crippen molar-refractivity contribution in [2.75, 3.05) is 0 Å². The van der Waals surface area contributed by atoms with E-state index in [1.165, 1.54) is 16.8 Å². The summed E-state index contributed by atoms with van der Waals surface area (Å²) in [6.45, 7) is 3.91. The molecule has 2 heterocycles. The number of carbonyl (C=O) groups excluding carboxylic acids is 1. The molecule has 4 aromatic rings. The maximum absolute atomic E-state index is 12.5. The van der Waals surface area contributed by atoms with Crippen LogP contribution in [0.3, 0.4) is 0 Å². The molecule has 0 spiro atoms. The summed E-state index contributed by atoms with van der Waals surface area (Å²) in [6, 6.07) is 18.1. The first-order valence-electron chi connectivity index (χ1n) is 11.4. The number of ether oxygens (including phenoxy) is 1. The number of nitro groups is 1. The Kier molecular flexibility index (Phi) is 7.61. The summed E-state index contributed by atoms with van der Waals surface area (Å²) in [5.74, 6) is -0.949. The van der Waals surface area contributed by atoms with Crippen LogP contribution in [0, 0.1) is 17.0 Å². The van der Waals surface area contributed by atoms with E-state index in [1.807, 2.05) is 0 Å². The van der Waals surface area contributed by atoms with Crippen LogP contribution in [-0.2, 0) is 13.2 Å². The van der Waals surface area contributed by atoms with Gasteiger partial charge in [0.15, 0.2) is 0 Å². The minimum absolute atomic E-state index is 0.0794. The highest BCUT2D eigenvalue weighted by molar-refractivity contribution is 6.00. The number of hydrazone groups is 1. The molecule has 0 aliphatic heterocycles. The number of aryl methyl sites for hydroxylation is 1. The number of nitrogens with zero attached hydrogens (tertiary/aromatic N) is 4. The second-order valence-electron chi connectivity index (χ2n) is 8.28. The van der Waals surface area contributed by atoms with Gasteiger partial charge in [0.2, 0.25) is 5.76 Å². The molecule has 12 nitrogen and oxygen atoms in total. The Morgan fingerprint density at radius 3 is 2.39 bits per heavy atom. The van der Waals surface area contributed by atoms with Gasteiger partial charge in [-0.1, -0.05) is 12.1 Å². The second kappa shape index (κ2) is 11.2. The van der Waals surface area contributed by atoms with Gasteiger partial charge >= 0.3 is 11.8 Å². The molecule has 1 amide bonds. The summed E-state index contributed by atoms with van der Waals surface area (Å²) in [7, 11) is 0. The standard InChI is InChI=1S/C26H23N5O7/c1-16-13-24(31(35)36)29-30(16)14-18-3-5-20(6-4-18)25(32)28-27-17(2)19-7-9-21(10-8-19)37-15-22-11-12-23(38-22)26(33)34/h3-13H,14-15H2,1-2H3,(H,28,32)(H,33,34)/b27-17-. The molecule has 2 aromatic carbocycles. The third kappa shape index (κ3) is 6.29. The first kappa shape index (κ1) is 25.8. The Bertz CT molecular complexity index is 1500. The van der Waals surface area contributed by atoms with Gasteiger partial charge in [0.05, 0.1) is 29.1 Å². The molecule has 0 saturated carbocycles. The van der Waals surface area contributed by atoms with E-state index >= 15 is 0 Å². The lowest BCUT2D eigenvalue weighted by Crippen LogP contribution is -2.19. The molecule has 0 aliphatic rings. The average Bonchev–Trinajstić information content (AvgIpc) is 3.54.